The maximum Gasteiger partial charge on any atom is 0.191 e. The van der Waals surface area contributed by atoms with E-state index in [1.54, 1.807) is 17.5 Å². The summed E-state index contributed by atoms with van der Waals surface area (Å²) in [4.78, 5) is 10.5. The minimum atomic E-state index is 0.628. The summed E-state index contributed by atoms with van der Waals surface area (Å²) < 4.78 is 1.92. The van der Waals surface area contributed by atoms with E-state index < -0.39 is 0 Å². The SMILES string of the molecule is CCNC(=NCc1cccc(Cn2cccn2)c1)NCc1sc(C)nc1C. The van der Waals surface area contributed by atoms with E-state index in [-0.39, 0.29) is 0 Å². The monoisotopic (exact) mass is 382 g/mol. The molecule has 0 radical (unpaired) electrons. The van der Waals surface area contributed by atoms with Crippen LogP contribution in [0.5, 0.6) is 0 Å². The van der Waals surface area contributed by atoms with Crippen molar-refractivity contribution in [1.29, 1.82) is 0 Å². The normalized spacial score (nSPS) is 11.6. The van der Waals surface area contributed by atoms with Crippen LogP contribution in [0.15, 0.2) is 47.7 Å². The molecule has 0 amide bonds. The van der Waals surface area contributed by atoms with Crippen LogP contribution in [0.2, 0.25) is 0 Å². The van der Waals surface area contributed by atoms with Gasteiger partial charge in [-0.3, -0.25) is 4.68 Å². The van der Waals surface area contributed by atoms with Gasteiger partial charge in [-0.25, -0.2) is 9.98 Å². The Balaban J connectivity index is 1.63. The van der Waals surface area contributed by atoms with Gasteiger partial charge in [-0.05, 0) is 38.0 Å². The lowest BCUT2D eigenvalue weighted by molar-refractivity contribution is 0.686. The third kappa shape index (κ3) is 5.65. The lowest BCUT2D eigenvalue weighted by Gasteiger charge is -2.11. The van der Waals surface area contributed by atoms with E-state index in [4.69, 9.17) is 4.99 Å². The van der Waals surface area contributed by atoms with Crippen molar-refractivity contribution >= 4 is 17.3 Å². The highest BCUT2D eigenvalue weighted by molar-refractivity contribution is 7.11. The second-order valence-electron chi connectivity index (χ2n) is 6.31. The van der Waals surface area contributed by atoms with Crippen molar-refractivity contribution in [3.05, 3.63) is 69.4 Å². The summed E-state index contributed by atoms with van der Waals surface area (Å²) in [5, 5.41) is 12.1. The van der Waals surface area contributed by atoms with E-state index in [1.807, 2.05) is 23.9 Å². The predicted molar refractivity (Wildman–Crippen MR) is 111 cm³/mol. The number of benzene rings is 1. The number of hydrogen-bond donors (Lipinski definition) is 2. The van der Waals surface area contributed by atoms with Gasteiger partial charge in [0.2, 0.25) is 0 Å². The Kier molecular flexibility index (Phi) is 6.59. The molecular formula is C20H26N6S. The Morgan fingerprint density at radius 3 is 2.74 bits per heavy atom. The van der Waals surface area contributed by atoms with Gasteiger partial charge in [0.15, 0.2) is 5.96 Å². The summed E-state index contributed by atoms with van der Waals surface area (Å²) in [6.45, 7) is 9.13. The smallest absolute Gasteiger partial charge is 0.191 e. The summed E-state index contributed by atoms with van der Waals surface area (Å²) in [5.41, 5.74) is 3.49. The number of rotatable bonds is 7. The topological polar surface area (TPSA) is 67.1 Å². The second-order valence-corrected chi connectivity index (χ2v) is 7.60. The van der Waals surface area contributed by atoms with E-state index in [2.05, 4.69) is 58.8 Å². The molecule has 0 bridgehead atoms. The van der Waals surface area contributed by atoms with Gasteiger partial charge in [-0.15, -0.1) is 11.3 Å². The van der Waals surface area contributed by atoms with Crippen LogP contribution in [0.25, 0.3) is 0 Å². The predicted octanol–water partition coefficient (Wildman–Crippen LogP) is 3.26. The number of aromatic nitrogens is 3. The zero-order valence-electron chi connectivity index (χ0n) is 16.1. The molecule has 1 aromatic carbocycles. The first kappa shape index (κ1) is 19.1. The van der Waals surface area contributed by atoms with Crippen LogP contribution in [0.3, 0.4) is 0 Å². The molecule has 2 N–H and O–H groups in total. The van der Waals surface area contributed by atoms with Crippen molar-refractivity contribution in [2.24, 2.45) is 4.99 Å². The molecule has 0 unspecified atom stereocenters. The van der Waals surface area contributed by atoms with Crippen LogP contribution in [-0.4, -0.2) is 27.3 Å². The summed E-state index contributed by atoms with van der Waals surface area (Å²) in [6.07, 6.45) is 3.77. The van der Waals surface area contributed by atoms with Crippen molar-refractivity contribution < 1.29 is 0 Å². The Hall–Kier alpha value is -2.67. The summed E-state index contributed by atoms with van der Waals surface area (Å²) in [5.74, 6) is 0.820. The first-order chi connectivity index (χ1) is 13.1. The van der Waals surface area contributed by atoms with Crippen LogP contribution >= 0.6 is 11.3 Å². The Morgan fingerprint density at radius 2 is 2.04 bits per heavy atom. The molecule has 0 saturated heterocycles. The Labute approximate surface area is 164 Å². The average Bonchev–Trinajstić information content (AvgIpc) is 3.27. The molecule has 3 aromatic rings. The molecule has 0 fully saturated rings. The van der Waals surface area contributed by atoms with Crippen LogP contribution in [0, 0.1) is 13.8 Å². The molecule has 0 aliphatic carbocycles. The van der Waals surface area contributed by atoms with Crippen molar-refractivity contribution in [3.63, 3.8) is 0 Å². The van der Waals surface area contributed by atoms with E-state index in [0.29, 0.717) is 6.54 Å². The standard InChI is InChI=1S/C20H26N6S/c1-4-21-20(23-13-19-15(2)25-16(3)27-19)22-12-17-7-5-8-18(11-17)14-26-10-6-9-24-26/h5-11H,4,12-14H2,1-3H3,(H2,21,22,23). The third-order valence-corrected chi connectivity index (χ3v) is 5.15. The summed E-state index contributed by atoms with van der Waals surface area (Å²) in [6, 6.07) is 10.4. The van der Waals surface area contributed by atoms with Crippen LogP contribution in [-0.2, 0) is 19.6 Å². The zero-order chi connectivity index (χ0) is 19.1. The molecule has 6 nitrogen and oxygen atoms in total. The molecule has 7 heteroatoms. The van der Waals surface area contributed by atoms with Gasteiger partial charge in [0.25, 0.3) is 0 Å². The molecular weight excluding hydrogens is 356 g/mol. The number of guanidine groups is 1. The van der Waals surface area contributed by atoms with Crippen molar-refractivity contribution in [2.75, 3.05) is 6.54 Å². The van der Waals surface area contributed by atoms with E-state index in [0.717, 1.165) is 36.3 Å². The molecule has 2 aromatic heterocycles. The highest BCUT2D eigenvalue weighted by Gasteiger charge is 2.06. The van der Waals surface area contributed by atoms with Gasteiger partial charge < -0.3 is 10.6 Å². The Bertz CT molecular complexity index is 882. The first-order valence-electron chi connectivity index (χ1n) is 9.14. The van der Waals surface area contributed by atoms with Gasteiger partial charge >= 0.3 is 0 Å². The summed E-state index contributed by atoms with van der Waals surface area (Å²) >= 11 is 1.73. The van der Waals surface area contributed by atoms with E-state index in [1.165, 1.54) is 16.0 Å². The quantitative estimate of drug-likeness (QED) is 0.486. The number of thiazole rings is 1. The molecule has 2 heterocycles. The van der Waals surface area contributed by atoms with Crippen molar-refractivity contribution in [2.45, 2.75) is 40.4 Å². The molecule has 0 saturated carbocycles. The lowest BCUT2D eigenvalue weighted by Crippen LogP contribution is -2.36. The third-order valence-electron chi connectivity index (χ3n) is 4.08. The molecule has 0 atom stereocenters. The molecule has 142 valence electrons. The fourth-order valence-corrected chi connectivity index (χ4v) is 3.70. The number of aryl methyl sites for hydroxylation is 2. The fraction of sp³-hybridized carbons (Fsp3) is 0.350. The second kappa shape index (κ2) is 9.32. The molecule has 3 rings (SSSR count). The van der Waals surface area contributed by atoms with E-state index >= 15 is 0 Å². The van der Waals surface area contributed by atoms with Gasteiger partial charge in [-0.2, -0.15) is 5.10 Å². The molecule has 0 spiro atoms. The van der Waals surface area contributed by atoms with Crippen LogP contribution in [0.4, 0.5) is 0 Å². The first-order valence-corrected chi connectivity index (χ1v) is 9.96. The van der Waals surface area contributed by atoms with Crippen molar-refractivity contribution in [1.82, 2.24) is 25.4 Å². The Morgan fingerprint density at radius 1 is 1.19 bits per heavy atom. The number of aliphatic imine (C=N–C) groups is 1. The van der Waals surface area contributed by atoms with E-state index in [9.17, 15) is 0 Å². The lowest BCUT2D eigenvalue weighted by atomic mass is 10.1. The largest absolute Gasteiger partial charge is 0.357 e. The van der Waals surface area contributed by atoms with Gasteiger partial charge in [-0.1, -0.05) is 24.3 Å². The maximum absolute atomic E-state index is 4.73. The van der Waals surface area contributed by atoms with Gasteiger partial charge in [0.05, 0.1) is 30.3 Å². The maximum atomic E-state index is 4.73. The fourth-order valence-electron chi connectivity index (χ4n) is 2.82. The summed E-state index contributed by atoms with van der Waals surface area (Å²) in [7, 11) is 0. The van der Waals surface area contributed by atoms with Crippen LogP contribution < -0.4 is 10.6 Å². The minimum absolute atomic E-state index is 0.628. The average molecular weight is 383 g/mol. The van der Waals surface area contributed by atoms with Gasteiger partial charge in [0.1, 0.15) is 0 Å². The molecule has 0 aliphatic heterocycles. The van der Waals surface area contributed by atoms with Gasteiger partial charge in [0, 0.05) is 23.8 Å². The number of hydrogen-bond acceptors (Lipinski definition) is 4. The number of nitrogens with one attached hydrogen (secondary N) is 2. The minimum Gasteiger partial charge on any atom is -0.357 e. The highest BCUT2D eigenvalue weighted by atomic mass is 32.1. The molecule has 0 aliphatic rings. The number of nitrogens with zero attached hydrogens (tertiary/aromatic N) is 4. The molecule has 27 heavy (non-hydrogen) atoms. The zero-order valence-corrected chi connectivity index (χ0v) is 16.9. The van der Waals surface area contributed by atoms with Crippen molar-refractivity contribution in [3.8, 4) is 0 Å². The van der Waals surface area contributed by atoms with Crippen LogP contribution in [0.1, 0.15) is 33.6 Å². The highest BCUT2D eigenvalue weighted by Crippen LogP contribution is 2.16.